The van der Waals surface area contributed by atoms with Crippen LogP contribution >= 0.6 is 0 Å². The van der Waals surface area contributed by atoms with Gasteiger partial charge in [-0.15, -0.1) is 0 Å². The average molecular weight is 410 g/mol. The molecule has 3 heteroatoms. The number of rotatable bonds is 15. The van der Waals surface area contributed by atoms with E-state index in [4.69, 9.17) is 0 Å². The highest BCUT2D eigenvalue weighted by Gasteiger charge is 2.19. The Morgan fingerprint density at radius 3 is 2.07 bits per heavy atom. The number of nitrogens with zero attached hydrogens (tertiary/aromatic N) is 1. The van der Waals surface area contributed by atoms with Crippen LogP contribution in [0, 0.1) is 0 Å². The Balaban J connectivity index is 1.86. The van der Waals surface area contributed by atoms with Gasteiger partial charge in [-0.1, -0.05) is 102 Å². The van der Waals surface area contributed by atoms with Crippen LogP contribution in [-0.4, -0.2) is 16.1 Å². The van der Waals surface area contributed by atoms with Crippen LogP contribution in [0.2, 0.25) is 0 Å². The first-order valence-corrected chi connectivity index (χ1v) is 11.9. The Morgan fingerprint density at radius 2 is 1.47 bits per heavy atom. The van der Waals surface area contributed by atoms with Gasteiger partial charge in [0.1, 0.15) is 0 Å². The molecule has 0 saturated carbocycles. The molecule has 1 unspecified atom stereocenters. The van der Waals surface area contributed by atoms with Gasteiger partial charge in [0.25, 0.3) is 0 Å². The molecule has 1 atom stereocenters. The van der Waals surface area contributed by atoms with Crippen LogP contribution in [0.3, 0.4) is 0 Å². The molecule has 0 aliphatic rings. The third-order valence-corrected chi connectivity index (χ3v) is 5.90. The minimum Gasteiger partial charge on any atom is -0.481 e. The van der Waals surface area contributed by atoms with Crippen molar-refractivity contribution in [3.63, 3.8) is 0 Å². The van der Waals surface area contributed by atoms with Crippen molar-refractivity contribution in [3.8, 4) is 11.3 Å². The zero-order valence-electron chi connectivity index (χ0n) is 18.9. The van der Waals surface area contributed by atoms with E-state index in [1.165, 1.54) is 50.5 Å². The average Bonchev–Trinajstić information content (AvgIpc) is 2.76. The Morgan fingerprint density at radius 1 is 0.833 bits per heavy atom. The smallest absolute Gasteiger partial charge is 0.310 e. The van der Waals surface area contributed by atoms with Crippen LogP contribution in [0.25, 0.3) is 11.3 Å². The molecule has 1 heterocycles. The Hall–Kier alpha value is -2.16. The van der Waals surface area contributed by atoms with Crippen molar-refractivity contribution in [1.82, 2.24) is 4.98 Å². The maximum absolute atomic E-state index is 11.6. The number of carboxylic acid groups (broad SMARTS) is 1. The predicted molar refractivity (Wildman–Crippen MR) is 126 cm³/mol. The van der Waals surface area contributed by atoms with Gasteiger partial charge >= 0.3 is 5.97 Å². The van der Waals surface area contributed by atoms with Crippen LogP contribution < -0.4 is 0 Å². The molecule has 2 rings (SSSR count). The van der Waals surface area contributed by atoms with Crippen molar-refractivity contribution in [1.29, 1.82) is 0 Å². The molecule has 0 saturated heterocycles. The lowest BCUT2D eigenvalue weighted by Crippen LogP contribution is -2.11. The highest BCUT2D eigenvalue weighted by atomic mass is 16.4. The van der Waals surface area contributed by atoms with E-state index in [2.05, 4.69) is 31.0 Å². The zero-order valence-corrected chi connectivity index (χ0v) is 18.9. The number of aromatic nitrogens is 1. The molecule has 30 heavy (non-hydrogen) atoms. The molecule has 1 aromatic carbocycles. The van der Waals surface area contributed by atoms with E-state index in [0.717, 1.165) is 42.5 Å². The Bertz CT molecular complexity index is 722. The van der Waals surface area contributed by atoms with Gasteiger partial charge in [-0.25, -0.2) is 0 Å². The van der Waals surface area contributed by atoms with Gasteiger partial charge in [-0.2, -0.15) is 0 Å². The third-order valence-electron chi connectivity index (χ3n) is 5.90. The molecule has 0 amide bonds. The van der Waals surface area contributed by atoms with E-state index in [1.54, 1.807) is 0 Å². The fourth-order valence-corrected chi connectivity index (χ4v) is 3.95. The second-order valence-electron chi connectivity index (χ2n) is 8.43. The molecule has 0 radical (unpaired) electrons. The lowest BCUT2D eigenvalue weighted by molar-refractivity contribution is -0.139. The first kappa shape index (κ1) is 24.1. The summed E-state index contributed by atoms with van der Waals surface area (Å²) in [6.45, 7) is 4.39. The lowest BCUT2D eigenvalue weighted by Gasteiger charge is -2.13. The Kier molecular flexibility index (Phi) is 11.2. The van der Waals surface area contributed by atoms with Crippen molar-refractivity contribution in [3.05, 3.63) is 53.7 Å². The highest BCUT2D eigenvalue weighted by molar-refractivity contribution is 5.76. The molecule has 0 spiro atoms. The predicted octanol–water partition coefficient (Wildman–Crippen LogP) is 7.79. The molecular formula is C27H39NO2. The molecule has 0 aliphatic carbocycles. The third kappa shape index (κ3) is 8.30. The first-order valence-electron chi connectivity index (χ1n) is 11.9. The summed E-state index contributed by atoms with van der Waals surface area (Å²) < 4.78 is 0. The van der Waals surface area contributed by atoms with Crippen molar-refractivity contribution in [2.45, 2.75) is 96.8 Å². The van der Waals surface area contributed by atoms with Crippen LogP contribution in [0.15, 0.2) is 42.6 Å². The topological polar surface area (TPSA) is 50.2 Å². The number of hydrogen-bond acceptors (Lipinski definition) is 2. The van der Waals surface area contributed by atoms with Crippen LogP contribution in [0.5, 0.6) is 0 Å². The molecule has 1 aromatic heterocycles. The van der Waals surface area contributed by atoms with E-state index < -0.39 is 11.9 Å². The molecule has 164 valence electrons. The van der Waals surface area contributed by atoms with E-state index in [-0.39, 0.29) is 0 Å². The van der Waals surface area contributed by atoms with Crippen LogP contribution in [0.4, 0.5) is 0 Å². The Labute approximate surface area is 183 Å². The molecule has 0 bridgehead atoms. The number of hydrogen-bond donors (Lipinski definition) is 1. The second-order valence-corrected chi connectivity index (χ2v) is 8.43. The van der Waals surface area contributed by atoms with Crippen molar-refractivity contribution < 1.29 is 9.90 Å². The van der Waals surface area contributed by atoms with Crippen molar-refractivity contribution >= 4 is 5.97 Å². The van der Waals surface area contributed by atoms with Crippen LogP contribution in [-0.2, 0) is 11.2 Å². The summed E-state index contributed by atoms with van der Waals surface area (Å²) in [4.78, 5) is 16.3. The van der Waals surface area contributed by atoms with Gasteiger partial charge in [0, 0.05) is 11.8 Å². The van der Waals surface area contributed by atoms with Gasteiger partial charge in [0.15, 0.2) is 0 Å². The summed E-state index contributed by atoms with van der Waals surface area (Å²) in [6, 6.07) is 12.2. The number of aryl methyl sites for hydroxylation is 1. The number of benzene rings is 1. The quantitative estimate of drug-likeness (QED) is 0.305. The summed E-state index contributed by atoms with van der Waals surface area (Å²) in [5, 5.41) is 9.57. The number of aliphatic carboxylic acids is 1. The van der Waals surface area contributed by atoms with Gasteiger partial charge in [0.2, 0.25) is 0 Å². The van der Waals surface area contributed by atoms with E-state index in [0.29, 0.717) is 6.42 Å². The normalized spacial score (nSPS) is 12.1. The van der Waals surface area contributed by atoms with Crippen molar-refractivity contribution in [2.75, 3.05) is 0 Å². The summed E-state index contributed by atoms with van der Waals surface area (Å²) in [6.07, 6.45) is 16.2. The van der Waals surface area contributed by atoms with E-state index >= 15 is 0 Å². The molecular weight excluding hydrogens is 370 g/mol. The van der Waals surface area contributed by atoms with Gasteiger partial charge in [-0.05, 0) is 36.5 Å². The largest absolute Gasteiger partial charge is 0.481 e. The van der Waals surface area contributed by atoms with Gasteiger partial charge < -0.3 is 5.11 Å². The SMILES string of the molecule is CCCCCCCCCc1ccc(-c2ccc(C(CCCCC)C(=O)O)cc2)nc1. The zero-order chi connectivity index (χ0) is 21.6. The monoisotopic (exact) mass is 409 g/mol. The standard InChI is InChI=1S/C27H39NO2/c1-3-5-7-8-9-10-12-13-22-15-20-26(28-21-22)24-18-16-23(17-19-24)25(27(29)30)14-11-6-4-2/h15-21,25H,3-14H2,1-2H3,(H,29,30). The summed E-state index contributed by atoms with van der Waals surface area (Å²) in [5.41, 5.74) is 4.17. The maximum Gasteiger partial charge on any atom is 0.310 e. The minimum absolute atomic E-state index is 0.414. The number of carbonyl (C=O) groups is 1. The summed E-state index contributed by atoms with van der Waals surface area (Å²) >= 11 is 0. The molecule has 3 nitrogen and oxygen atoms in total. The molecule has 2 aromatic rings. The fourth-order valence-electron chi connectivity index (χ4n) is 3.95. The molecule has 1 N–H and O–H groups in total. The summed E-state index contributed by atoms with van der Waals surface area (Å²) in [7, 11) is 0. The maximum atomic E-state index is 11.6. The molecule has 0 aliphatic heterocycles. The van der Waals surface area contributed by atoms with E-state index in [9.17, 15) is 9.90 Å². The first-order chi connectivity index (χ1) is 14.7. The second kappa shape index (κ2) is 14.0. The lowest BCUT2D eigenvalue weighted by atomic mass is 9.92. The van der Waals surface area contributed by atoms with Crippen molar-refractivity contribution in [2.24, 2.45) is 0 Å². The van der Waals surface area contributed by atoms with E-state index in [1.807, 2.05) is 30.5 Å². The number of unbranched alkanes of at least 4 members (excludes halogenated alkanes) is 8. The number of pyridine rings is 1. The fraction of sp³-hybridized carbons (Fsp3) is 0.556. The number of carboxylic acids is 1. The van der Waals surface area contributed by atoms with Crippen LogP contribution in [0.1, 0.15) is 102 Å². The highest BCUT2D eigenvalue weighted by Crippen LogP contribution is 2.26. The van der Waals surface area contributed by atoms with Gasteiger partial charge in [-0.3, -0.25) is 9.78 Å². The minimum atomic E-state index is -0.730. The van der Waals surface area contributed by atoms with Gasteiger partial charge in [0.05, 0.1) is 11.6 Å². The molecule has 0 fully saturated rings. The summed E-state index contributed by atoms with van der Waals surface area (Å²) in [5.74, 6) is -1.14.